The van der Waals surface area contributed by atoms with Crippen molar-refractivity contribution in [3.05, 3.63) is 58.6 Å². The third-order valence-corrected chi connectivity index (χ3v) is 4.06. The summed E-state index contributed by atoms with van der Waals surface area (Å²) >= 11 is 11.2. The summed E-state index contributed by atoms with van der Waals surface area (Å²) in [5, 5.41) is 3.82. The van der Waals surface area contributed by atoms with Gasteiger partial charge in [0.2, 0.25) is 0 Å². The summed E-state index contributed by atoms with van der Waals surface area (Å²) in [4.78, 5) is 11.8. The van der Waals surface area contributed by atoms with Gasteiger partial charge in [-0.15, -0.1) is 0 Å². The first-order valence-corrected chi connectivity index (χ1v) is 8.60. The zero-order valence-corrected chi connectivity index (χ0v) is 15.6. The number of hydrogen-bond donors (Lipinski definition) is 3. The van der Waals surface area contributed by atoms with E-state index in [-0.39, 0.29) is 17.6 Å². The molecule has 2 rings (SSSR count). The lowest BCUT2D eigenvalue weighted by Crippen LogP contribution is -2.45. The van der Waals surface area contributed by atoms with Gasteiger partial charge in [-0.2, -0.15) is 0 Å². The number of hydrazine groups is 1. The number of amides is 1. The minimum Gasteiger partial charge on any atom is -0.484 e. The number of rotatable bonds is 5. The Hall–Kier alpha value is -2.31. The molecular formula is C18H20ClN3O2S. The van der Waals surface area contributed by atoms with E-state index in [1.165, 1.54) is 5.56 Å². The van der Waals surface area contributed by atoms with E-state index in [0.717, 1.165) is 17.7 Å². The third kappa shape index (κ3) is 6.25. The number of halogens is 1. The molecular weight excluding hydrogens is 358 g/mol. The third-order valence-electron chi connectivity index (χ3n) is 3.45. The Kier molecular flexibility index (Phi) is 7.03. The number of carbonyl (C=O) groups excluding carboxylic acids is 1. The summed E-state index contributed by atoms with van der Waals surface area (Å²) in [6.45, 7) is 3.88. The molecule has 0 aliphatic rings. The zero-order chi connectivity index (χ0) is 18.2. The average Bonchev–Trinajstić information content (AvgIpc) is 2.61. The van der Waals surface area contributed by atoms with Gasteiger partial charge in [-0.05, 0) is 61.0 Å². The molecule has 0 radical (unpaired) electrons. The van der Waals surface area contributed by atoms with Crippen molar-refractivity contribution in [1.29, 1.82) is 0 Å². The molecule has 25 heavy (non-hydrogen) atoms. The van der Waals surface area contributed by atoms with Crippen molar-refractivity contribution < 1.29 is 9.53 Å². The van der Waals surface area contributed by atoms with Crippen molar-refractivity contribution in [1.82, 2.24) is 10.9 Å². The topological polar surface area (TPSA) is 62.4 Å². The number of thiocarbonyl (C=S) groups is 1. The van der Waals surface area contributed by atoms with Crippen molar-refractivity contribution in [3.63, 3.8) is 0 Å². The molecule has 1 amide bonds. The minimum atomic E-state index is -0.342. The first-order valence-electron chi connectivity index (χ1n) is 7.81. The molecule has 0 fully saturated rings. The Morgan fingerprint density at radius 2 is 1.88 bits per heavy atom. The van der Waals surface area contributed by atoms with Crippen LogP contribution in [0, 0.1) is 6.92 Å². The summed E-state index contributed by atoms with van der Waals surface area (Å²) in [6, 6.07) is 13.1. The summed E-state index contributed by atoms with van der Waals surface area (Å²) in [6.07, 6.45) is 0.960. The maximum absolute atomic E-state index is 11.8. The largest absolute Gasteiger partial charge is 0.484 e. The zero-order valence-electron chi connectivity index (χ0n) is 14.1. The number of anilines is 1. The van der Waals surface area contributed by atoms with Crippen LogP contribution in [-0.2, 0) is 11.2 Å². The van der Waals surface area contributed by atoms with Gasteiger partial charge in [0.1, 0.15) is 5.75 Å². The fourth-order valence-corrected chi connectivity index (χ4v) is 2.32. The van der Waals surface area contributed by atoms with E-state index < -0.39 is 0 Å². The molecule has 7 heteroatoms. The monoisotopic (exact) mass is 377 g/mol. The lowest BCUT2D eigenvalue weighted by atomic mass is 10.2. The van der Waals surface area contributed by atoms with Crippen molar-refractivity contribution in [2.45, 2.75) is 20.3 Å². The highest BCUT2D eigenvalue weighted by Gasteiger charge is 2.05. The van der Waals surface area contributed by atoms with Crippen molar-refractivity contribution in [2.24, 2.45) is 0 Å². The Morgan fingerprint density at radius 1 is 1.16 bits per heavy atom. The van der Waals surface area contributed by atoms with Crippen molar-refractivity contribution in [2.75, 3.05) is 11.9 Å². The summed E-state index contributed by atoms with van der Waals surface area (Å²) in [5.74, 6) is 0.299. The van der Waals surface area contributed by atoms with Gasteiger partial charge in [-0.3, -0.25) is 15.6 Å². The molecule has 0 heterocycles. The molecule has 3 N–H and O–H groups in total. The van der Waals surface area contributed by atoms with Crippen molar-refractivity contribution in [3.8, 4) is 5.75 Å². The lowest BCUT2D eigenvalue weighted by molar-refractivity contribution is -0.123. The van der Waals surface area contributed by atoms with E-state index in [4.69, 9.17) is 28.6 Å². The summed E-state index contributed by atoms with van der Waals surface area (Å²) in [5.41, 5.74) is 8.01. The number of ether oxygens (including phenoxy) is 1. The molecule has 0 aromatic heterocycles. The van der Waals surface area contributed by atoms with E-state index in [2.05, 4.69) is 23.1 Å². The predicted octanol–water partition coefficient (Wildman–Crippen LogP) is 3.61. The van der Waals surface area contributed by atoms with Crippen LogP contribution in [0.1, 0.15) is 18.1 Å². The molecule has 0 saturated carbocycles. The van der Waals surface area contributed by atoms with Gasteiger partial charge < -0.3 is 10.1 Å². The molecule has 0 spiro atoms. The predicted molar refractivity (Wildman–Crippen MR) is 105 cm³/mol. The molecule has 2 aromatic rings. The van der Waals surface area contributed by atoms with Crippen LogP contribution in [0.25, 0.3) is 0 Å². The van der Waals surface area contributed by atoms with Gasteiger partial charge in [0, 0.05) is 10.7 Å². The summed E-state index contributed by atoms with van der Waals surface area (Å²) < 4.78 is 5.41. The standard InChI is InChI=1S/C18H20ClN3O2S/c1-3-13-5-8-15(9-6-13)24-11-17(23)21-22-18(25)20-14-7-4-12(2)16(19)10-14/h4-10H,3,11H2,1-2H3,(H,21,23)(H2,20,22,25). The van der Waals surface area contributed by atoms with Crippen LogP contribution in [-0.4, -0.2) is 17.6 Å². The molecule has 0 atom stereocenters. The second-order valence-corrected chi connectivity index (χ2v) is 6.19. The Labute approximate surface area is 157 Å². The van der Waals surface area contributed by atoms with Crippen LogP contribution < -0.4 is 20.9 Å². The van der Waals surface area contributed by atoms with Gasteiger partial charge in [0.15, 0.2) is 11.7 Å². The normalized spacial score (nSPS) is 10.0. The second kappa shape index (κ2) is 9.25. The quantitative estimate of drug-likeness (QED) is 0.549. The first-order chi connectivity index (χ1) is 12.0. The van der Waals surface area contributed by atoms with E-state index in [1.54, 1.807) is 6.07 Å². The fourth-order valence-electron chi connectivity index (χ4n) is 1.97. The van der Waals surface area contributed by atoms with E-state index in [0.29, 0.717) is 10.8 Å². The average molecular weight is 378 g/mol. The second-order valence-electron chi connectivity index (χ2n) is 5.38. The molecule has 0 unspecified atom stereocenters. The first kappa shape index (κ1) is 19.0. The highest BCUT2D eigenvalue weighted by Crippen LogP contribution is 2.19. The highest BCUT2D eigenvalue weighted by molar-refractivity contribution is 7.80. The Morgan fingerprint density at radius 3 is 2.52 bits per heavy atom. The number of nitrogens with one attached hydrogen (secondary N) is 3. The van der Waals surface area contributed by atoms with E-state index >= 15 is 0 Å². The van der Waals surface area contributed by atoms with Crippen LogP contribution in [0.4, 0.5) is 5.69 Å². The molecule has 0 bridgehead atoms. The van der Waals surface area contributed by atoms with E-state index in [9.17, 15) is 4.79 Å². The molecule has 0 saturated heterocycles. The van der Waals surface area contributed by atoms with Crippen LogP contribution in [0.5, 0.6) is 5.75 Å². The smallest absolute Gasteiger partial charge is 0.276 e. The van der Waals surface area contributed by atoms with Gasteiger partial charge in [0.25, 0.3) is 5.91 Å². The molecule has 0 aliphatic heterocycles. The van der Waals surface area contributed by atoms with Crippen LogP contribution in [0.3, 0.4) is 0 Å². The number of hydrogen-bond acceptors (Lipinski definition) is 3. The van der Waals surface area contributed by atoms with Crippen LogP contribution in [0.2, 0.25) is 5.02 Å². The molecule has 0 aliphatic carbocycles. The molecule has 5 nitrogen and oxygen atoms in total. The Balaban J connectivity index is 1.73. The van der Waals surface area contributed by atoms with Gasteiger partial charge in [-0.25, -0.2) is 0 Å². The van der Waals surface area contributed by atoms with Gasteiger partial charge in [0.05, 0.1) is 0 Å². The number of carbonyl (C=O) groups is 1. The van der Waals surface area contributed by atoms with Gasteiger partial charge >= 0.3 is 0 Å². The maximum Gasteiger partial charge on any atom is 0.276 e. The molecule has 2 aromatic carbocycles. The Bertz CT molecular complexity index is 750. The lowest BCUT2D eigenvalue weighted by Gasteiger charge is -2.12. The summed E-state index contributed by atoms with van der Waals surface area (Å²) in [7, 11) is 0. The maximum atomic E-state index is 11.8. The fraction of sp³-hybridized carbons (Fsp3) is 0.222. The van der Waals surface area contributed by atoms with E-state index in [1.807, 2.05) is 43.3 Å². The minimum absolute atomic E-state index is 0.114. The van der Waals surface area contributed by atoms with Gasteiger partial charge in [-0.1, -0.05) is 36.7 Å². The highest BCUT2D eigenvalue weighted by atomic mass is 35.5. The van der Waals surface area contributed by atoms with Crippen molar-refractivity contribution >= 4 is 40.5 Å². The molecule has 132 valence electrons. The number of benzene rings is 2. The SMILES string of the molecule is CCc1ccc(OCC(=O)NNC(=S)Nc2ccc(C)c(Cl)c2)cc1. The number of aryl methyl sites for hydroxylation is 2. The van der Waals surface area contributed by atoms with Crippen LogP contribution in [0.15, 0.2) is 42.5 Å². The van der Waals surface area contributed by atoms with Crippen LogP contribution >= 0.6 is 23.8 Å².